The van der Waals surface area contributed by atoms with Crippen LogP contribution in [-0.2, 0) is 25.6 Å². The Morgan fingerprint density at radius 3 is 2.30 bits per heavy atom. The number of fused-ring (bicyclic) bond motifs is 1. The Morgan fingerprint density at radius 2 is 1.65 bits per heavy atom. The monoisotopic (exact) mass is 500 g/mol. The minimum atomic E-state index is -1.11. The first-order valence-electron chi connectivity index (χ1n) is 13.3. The van der Waals surface area contributed by atoms with Crippen molar-refractivity contribution in [1.29, 1.82) is 0 Å². The van der Waals surface area contributed by atoms with Crippen molar-refractivity contribution in [2.75, 3.05) is 13.2 Å². The number of esters is 1. The third-order valence-electron chi connectivity index (χ3n) is 8.37. The number of benzene rings is 2. The number of ketones is 1. The van der Waals surface area contributed by atoms with Gasteiger partial charge in [-0.15, -0.1) is 0 Å². The van der Waals surface area contributed by atoms with Gasteiger partial charge in [0.15, 0.2) is 5.78 Å². The molecule has 0 heterocycles. The van der Waals surface area contributed by atoms with E-state index in [9.17, 15) is 9.59 Å². The highest BCUT2D eigenvalue weighted by Crippen LogP contribution is 2.75. The van der Waals surface area contributed by atoms with Gasteiger partial charge >= 0.3 is 5.97 Å². The second kappa shape index (κ2) is 9.60. The molecule has 5 rings (SSSR count). The Bertz CT molecular complexity index is 1230. The molecule has 0 aromatic heterocycles. The number of carbonyl (C=O) groups excluding carboxylic acids is 2. The van der Waals surface area contributed by atoms with Crippen molar-refractivity contribution in [3.63, 3.8) is 0 Å². The fourth-order valence-corrected chi connectivity index (χ4v) is 7.09. The molecule has 0 amide bonds. The zero-order valence-electron chi connectivity index (χ0n) is 22.2. The molecule has 5 nitrogen and oxygen atoms in total. The average molecular weight is 501 g/mol. The number of hydrogen-bond acceptors (Lipinski definition) is 5. The highest BCUT2D eigenvalue weighted by molar-refractivity contribution is 6.06. The summed E-state index contributed by atoms with van der Waals surface area (Å²) in [7, 11) is 0. The lowest BCUT2D eigenvalue weighted by Crippen LogP contribution is -2.38. The third kappa shape index (κ3) is 4.04. The Labute approximate surface area is 219 Å². The number of rotatable bonds is 9. The lowest BCUT2D eigenvalue weighted by Gasteiger charge is -2.35. The van der Waals surface area contributed by atoms with Crippen molar-refractivity contribution in [3.05, 3.63) is 95.3 Å². The molecule has 2 aromatic carbocycles. The van der Waals surface area contributed by atoms with Crippen molar-refractivity contribution in [1.82, 2.24) is 0 Å². The van der Waals surface area contributed by atoms with Crippen LogP contribution in [-0.4, -0.2) is 31.1 Å². The van der Waals surface area contributed by atoms with Gasteiger partial charge in [0.1, 0.15) is 11.2 Å². The Morgan fingerprint density at radius 1 is 0.973 bits per heavy atom. The van der Waals surface area contributed by atoms with Crippen molar-refractivity contribution in [3.8, 4) is 0 Å². The number of allylic oxidation sites excluding steroid dienone is 2. The molecule has 4 atom stereocenters. The molecule has 37 heavy (non-hydrogen) atoms. The molecule has 194 valence electrons. The summed E-state index contributed by atoms with van der Waals surface area (Å²) in [6.07, 6.45) is 4.99. The quantitative estimate of drug-likeness (QED) is 0.230. The van der Waals surface area contributed by atoms with Gasteiger partial charge in [0.2, 0.25) is 0 Å². The molecule has 2 fully saturated rings. The van der Waals surface area contributed by atoms with E-state index in [1.165, 1.54) is 0 Å². The molecule has 0 N–H and O–H groups in total. The third-order valence-corrected chi connectivity index (χ3v) is 8.37. The maximum Gasteiger partial charge on any atom is 0.324 e. The minimum Gasteiger partial charge on any atom is -0.497 e. The number of hydrogen-bond donors (Lipinski definition) is 0. The van der Waals surface area contributed by atoms with E-state index in [1.54, 1.807) is 6.08 Å². The predicted octanol–water partition coefficient (Wildman–Crippen LogP) is 6.30. The smallest absolute Gasteiger partial charge is 0.324 e. The Balaban J connectivity index is 1.61. The normalized spacial score (nSPS) is 30.2. The fraction of sp³-hybridized carbons (Fsp3) is 0.438. The van der Waals surface area contributed by atoms with Crippen molar-refractivity contribution >= 4 is 11.8 Å². The van der Waals surface area contributed by atoms with Gasteiger partial charge in [-0.25, -0.2) is 0 Å². The van der Waals surface area contributed by atoms with Crippen LogP contribution in [0.3, 0.4) is 0 Å². The maximum atomic E-state index is 13.8. The summed E-state index contributed by atoms with van der Waals surface area (Å²) in [4.78, 5) is 27.3. The second-order valence-electron chi connectivity index (χ2n) is 11.1. The molecule has 0 unspecified atom stereocenters. The van der Waals surface area contributed by atoms with Gasteiger partial charge in [-0.05, 0) is 55.4 Å². The molecule has 0 aliphatic heterocycles. The van der Waals surface area contributed by atoms with Crippen LogP contribution in [0.4, 0.5) is 0 Å². The topological polar surface area (TPSA) is 61.8 Å². The van der Waals surface area contributed by atoms with Gasteiger partial charge in [-0.3, -0.25) is 9.59 Å². The zero-order chi connectivity index (χ0) is 26.3. The highest BCUT2D eigenvalue weighted by Gasteiger charge is 2.75. The molecular formula is C32H36O5. The molecule has 2 saturated carbocycles. The van der Waals surface area contributed by atoms with Crippen molar-refractivity contribution in [2.24, 2.45) is 22.2 Å². The number of ether oxygens (including phenoxy) is 3. The summed E-state index contributed by atoms with van der Waals surface area (Å²) in [6.45, 7) is 9.38. The van der Waals surface area contributed by atoms with Crippen molar-refractivity contribution in [2.45, 2.75) is 53.2 Å². The zero-order valence-corrected chi connectivity index (χ0v) is 22.2. The fourth-order valence-electron chi connectivity index (χ4n) is 7.09. The molecule has 0 radical (unpaired) electrons. The van der Waals surface area contributed by atoms with Gasteiger partial charge in [0.25, 0.3) is 0 Å². The van der Waals surface area contributed by atoms with E-state index < -0.39 is 10.8 Å². The predicted molar refractivity (Wildman–Crippen MR) is 142 cm³/mol. The molecular weight excluding hydrogens is 464 g/mol. The van der Waals surface area contributed by atoms with Crippen LogP contribution < -0.4 is 0 Å². The second-order valence-corrected chi connectivity index (χ2v) is 11.1. The van der Waals surface area contributed by atoms with Crippen molar-refractivity contribution < 1.29 is 23.8 Å². The minimum absolute atomic E-state index is 0.0228. The molecule has 5 heteroatoms. The highest BCUT2D eigenvalue weighted by atomic mass is 16.5. The van der Waals surface area contributed by atoms with Crippen LogP contribution in [0, 0.1) is 22.2 Å². The van der Waals surface area contributed by atoms with Gasteiger partial charge in [-0.2, -0.15) is 0 Å². The van der Waals surface area contributed by atoms with E-state index in [2.05, 4.69) is 32.1 Å². The van der Waals surface area contributed by atoms with E-state index in [1.807, 2.05) is 62.4 Å². The van der Waals surface area contributed by atoms with E-state index in [4.69, 9.17) is 14.2 Å². The SMILES string of the molecule is CCOC(=O)[C@]12C[C@H]3[C@H](OCc4ccccc4)C(C)(C)C[C@@]3(C=C1OCC)C2=CC(=O)c1ccccc1. The van der Waals surface area contributed by atoms with Crippen LogP contribution in [0.25, 0.3) is 0 Å². The van der Waals surface area contributed by atoms with Crippen LogP contribution in [0.15, 0.2) is 84.1 Å². The largest absolute Gasteiger partial charge is 0.497 e. The van der Waals surface area contributed by atoms with Gasteiger partial charge < -0.3 is 14.2 Å². The van der Waals surface area contributed by atoms with Gasteiger partial charge in [0, 0.05) is 16.9 Å². The Kier molecular flexibility index (Phi) is 6.61. The van der Waals surface area contributed by atoms with Gasteiger partial charge in [-0.1, -0.05) is 74.5 Å². The summed E-state index contributed by atoms with van der Waals surface area (Å²) in [5, 5.41) is 0. The van der Waals surface area contributed by atoms with Crippen LogP contribution >= 0.6 is 0 Å². The first kappa shape index (κ1) is 25.5. The van der Waals surface area contributed by atoms with E-state index in [0.29, 0.717) is 31.0 Å². The standard InChI is InChI=1S/C32H36O5/c1-5-35-27-19-31-21-30(3,4)28(37-20-22-13-9-7-10-14-22)24(31)18-32(27,29(34)36-6-2)26(31)17-25(33)23-15-11-8-12-16-23/h7-17,19,24,28H,5-6,18,20-21H2,1-4H3/t24-,28-,31+,32-/m0/s1. The summed E-state index contributed by atoms with van der Waals surface area (Å²) < 4.78 is 18.4. The van der Waals surface area contributed by atoms with E-state index in [0.717, 1.165) is 17.6 Å². The van der Waals surface area contributed by atoms with E-state index in [-0.39, 0.29) is 35.8 Å². The molecule has 0 saturated heterocycles. The molecule has 2 aromatic rings. The van der Waals surface area contributed by atoms with E-state index >= 15 is 0 Å². The molecule has 3 aliphatic rings. The van der Waals surface area contributed by atoms with Crippen LogP contribution in [0.5, 0.6) is 0 Å². The summed E-state index contributed by atoms with van der Waals surface area (Å²) in [5.74, 6) is 0.195. The summed E-state index contributed by atoms with van der Waals surface area (Å²) >= 11 is 0. The van der Waals surface area contributed by atoms with Crippen LogP contribution in [0.2, 0.25) is 0 Å². The maximum absolute atomic E-state index is 13.8. The first-order valence-corrected chi connectivity index (χ1v) is 13.3. The summed E-state index contributed by atoms with van der Waals surface area (Å²) in [6, 6.07) is 19.4. The molecule has 2 bridgehead atoms. The summed E-state index contributed by atoms with van der Waals surface area (Å²) in [5.41, 5.74) is 0.731. The lowest BCUT2D eigenvalue weighted by molar-refractivity contribution is -0.153. The lowest BCUT2D eigenvalue weighted by atomic mass is 9.74. The van der Waals surface area contributed by atoms with Gasteiger partial charge in [0.05, 0.1) is 25.9 Å². The molecule has 1 spiro atoms. The number of carbonyl (C=O) groups is 2. The van der Waals surface area contributed by atoms with Crippen LogP contribution in [0.1, 0.15) is 56.5 Å². The Hall–Kier alpha value is -3.18. The molecule has 3 aliphatic carbocycles. The average Bonchev–Trinajstić information content (AvgIpc) is 3.38. The first-order chi connectivity index (χ1) is 17.8.